The average Bonchev–Trinajstić information content (AvgIpc) is 2.62. The largest absolute Gasteiger partial charge is 0.489 e. The Labute approximate surface area is 174 Å². The van der Waals surface area contributed by atoms with Crippen molar-refractivity contribution in [1.29, 1.82) is 0 Å². The molecule has 1 aliphatic heterocycles. The number of ether oxygens (including phenoxy) is 2. The molecule has 0 spiro atoms. The third-order valence-corrected chi connectivity index (χ3v) is 4.31. The number of rotatable bonds is 7. The number of amides is 2. The molecule has 0 saturated carbocycles. The zero-order valence-corrected chi connectivity index (χ0v) is 18.2. The van der Waals surface area contributed by atoms with Gasteiger partial charge >= 0.3 is 13.7 Å². The standard InChI is InChI=1S/C19H26FN2O7P/c1-19(2,3)28-18(24)21-11-13(10-20)12-27-15-5-6-16-14(9-15)7-8-22(17(16)23)29-30(4,25)26/h5-6,9-10H,7-8,11-12H2,1-4H3,(H,21,24)(H,25,26)/b13-10+. The Hall–Kier alpha value is -2.42. The van der Waals surface area contributed by atoms with Gasteiger partial charge < -0.3 is 19.7 Å². The fraction of sp³-hybridized carbons (Fsp3) is 0.474. The lowest BCUT2D eigenvalue weighted by Crippen LogP contribution is -2.36. The van der Waals surface area contributed by atoms with E-state index in [1.54, 1.807) is 26.8 Å². The van der Waals surface area contributed by atoms with Gasteiger partial charge in [-0.05, 0) is 51.0 Å². The number of hydrogen-bond donors (Lipinski definition) is 2. The molecule has 1 aromatic carbocycles. The number of halogens is 1. The maximum absolute atomic E-state index is 13.1. The monoisotopic (exact) mass is 444 g/mol. The zero-order chi connectivity index (χ0) is 22.5. The van der Waals surface area contributed by atoms with E-state index in [4.69, 9.17) is 14.1 Å². The summed E-state index contributed by atoms with van der Waals surface area (Å²) < 4.78 is 40.0. The minimum absolute atomic E-state index is 0.0840. The van der Waals surface area contributed by atoms with Gasteiger partial charge in [0.05, 0.1) is 12.9 Å². The molecule has 0 aromatic heterocycles. The lowest BCUT2D eigenvalue weighted by molar-refractivity contribution is -0.0416. The van der Waals surface area contributed by atoms with Gasteiger partial charge in [-0.25, -0.2) is 14.2 Å². The van der Waals surface area contributed by atoms with E-state index in [2.05, 4.69) is 5.32 Å². The molecule has 0 radical (unpaired) electrons. The number of fused-ring (bicyclic) bond motifs is 1. The fourth-order valence-electron chi connectivity index (χ4n) is 2.59. The van der Waals surface area contributed by atoms with E-state index < -0.39 is 25.2 Å². The van der Waals surface area contributed by atoms with Gasteiger partial charge in [-0.1, -0.05) is 0 Å². The van der Waals surface area contributed by atoms with Crippen LogP contribution in [0.3, 0.4) is 0 Å². The van der Waals surface area contributed by atoms with Gasteiger partial charge in [0.1, 0.15) is 18.0 Å². The van der Waals surface area contributed by atoms with Crippen LogP contribution in [0.4, 0.5) is 9.18 Å². The van der Waals surface area contributed by atoms with Crippen LogP contribution in [0.25, 0.3) is 0 Å². The average molecular weight is 444 g/mol. The van der Waals surface area contributed by atoms with E-state index >= 15 is 0 Å². The highest BCUT2D eigenvalue weighted by Gasteiger charge is 2.29. The number of carbonyl (C=O) groups is 2. The van der Waals surface area contributed by atoms with Crippen LogP contribution in [0.2, 0.25) is 0 Å². The lowest BCUT2D eigenvalue weighted by Gasteiger charge is -2.28. The van der Waals surface area contributed by atoms with Gasteiger partial charge in [-0.3, -0.25) is 9.36 Å². The molecule has 2 N–H and O–H groups in total. The summed E-state index contributed by atoms with van der Waals surface area (Å²) in [5.41, 5.74) is 0.539. The molecule has 0 fully saturated rings. The number of carbonyl (C=O) groups excluding carboxylic acids is 2. The molecule has 9 nitrogen and oxygen atoms in total. The maximum Gasteiger partial charge on any atom is 0.407 e. The molecule has 1 atom stereocenters. The second-order valence-electron chi connectivity index (χ2n) is 7.77. The first-order chi connectivity index (χ1) is 13.9. The summed E-state index contributed by atoms with van der Waals surface area (Å²) >= 11 is 0. The summed E-state index contributed by atoms with van der Waals surface area (Å²) in [4.78, 5) is 33.3. The molecule has 30 heavy (non-hydrogen) atoms. The van der Waals surface area contributed by atoms with Crippen molar-refractivity contribution in [3.63, 3.8) is 0 Å². The Morgan fingerprint density at radius 2 is 2.10 bits per heavy atom. The third kappa shape index (κ3) is 7.44. The third-order valence-electron chi connectivity index (χ3n) is 3.81. The summed E-state index contributed by atoms with van der Waals surface area (Å²) in [6, 6.07) is 4.69. The minimum Gasteiger partial charge on any atom is -0.489 e. The topological polar surface area (TPSA) is 114 Å². The molecule has 166 valence electrons. The zero-order valence-electron chi connectivity index (χ0n) is 17.3. The molecule has 0 bridgehead atoms. The molecular formula is C19H26FN2O7P. The van der Waals surface area contributed by atoms with Gasteiger partial charge in [0.2, 0.25) is 0 Å². The quantitative estimate of drug-likeness (QED) is 0.621. The summed E-state index contributed by atoms with van der Waals surface area (Å²) in [7, 11) is -3.84. The first-order valence-corrected chi connectivity index (χ1v) is 11.2. The number of hydrogen-bond acceptors (Lipinski definition) is 6. The van der Waals surface area contributed by atoms with Crippen LogP contribution < -0.4 is 10.1 Å². The van der Waals surface area contributed by atoms with Crippen molar-refractivity contribution in [2.24, 2.45) is 0 Å². The Balaban J connectivity index is 1.93. The van der Waals surface area contributed by atoms with Crippen molar-refractivity contribution < 1.29 is 37.5 Å². The van der Waals surface area contributed by atoms with E-state index in [9.17, 15) is 23.4 Å². The second-order valence-corrected chi connectivity index (χ2v) is 9.54. The molecule has 2 rings (SSSR count). The predicted molar refractivity (Wildman–Crippen MR) is 107 cm³/mol. The molecule has 2 amide bonds. The molecule has 0 saturated heterocycles. The van der Waals surface area contributed by atoms with E-state index in [1.807, 2.05) is 0 Å². The first kappa shape index (κ1) is 23.9. The number of nitrogens with one attached hydrogen (secondary N) is 1. The number of alkyl carbamates (subject to hydrolysis) is 1. The highest BCUT2D eigenvalue weighted by Crippen LogP contribution is 2.39. The highest BCUT2D eigenvalue weighted by atomic mass is 31.2. The van der Waals surface area contributed by atoms with E-state index in [0.717, 1.165) is 11.7 Å². The van der Waals surface area contributed by atoms with Gasteiger partial charge in [-0.2, -0.15) is 4.62 Å². The second kappa shape index (κ2) is 9.59. The van der Waals surface area contributed by atoms with Crippen LogP contribution in [-0.4, -0.2) is 53.9 Å². The molecule has 11 heteroatoms. The number of nitrogens with zero attached hydrogens (tertiary/aromatic N) is 1. The number of hydroxylamine groups is 2. The van der Waals surface area contributed by atoms with E-state index in [1.165, 1.54) is 12.1 Å². The summed E-state index contributed by atoms with van der Waals surface area (Å²) in [5.74, 6) is -0.110. The Morgan fingerprint density at radius 1 is 1.40 bits per heavy atom. The normalized spacial score (nSPS) is 16.5. The van der Waals surface area contributed by atoms with E-state index in [0.29, 0.717) is 29.6 Å². The van der Waals surface area contributed by atoms with Gasteiger partial charge in [-0.15, -0.1) is 0 Å². The smallest absolute Gasteiger partial charge is 0.407 e. The Kier molecular flexibility index (Phi) is 7.63. The van der Waals surface area contributed by atoms with Crippen molar-refractivity contribution in [3.8, 4) is 5.75 Å². The van der Waals surface area contributed by atoms with Crippen LogP contribution in [0.1, 0.15) is 36.7 Å². The van der Waals surface area contributed by atoms with Gasteiger partial charge in [0.25, 0.3) is 5.91 Å². The van der Waals surface area contributed by atoms with Gasteiger partial charge in [0, 0.05) is 24.3 Å². The van der Waals surface area contributed by atoms with Crippen molar-refractivity contribution in [1.82, 2.24) is 10.4 Å². The Morgan fingerprint density at radius 3 is 2.70 bits per heavy atom. The van der Waals surface area contributed by atoms with Gasteiger partial charge in [0.15, 0.2) is 0 Å². The molecule has 1 aromatic rings. The van der Waals surface area contributed by atoms with E-state index in [-0.39, 0.29) is 25.3 Å². The van der Waals surface area contributed by atoms with Crippen LogP contribution >= 0.6 is 7.60 Å². The van der Waals surface area contributed by atoms with Crippen molar-refractivity contribution in [2.75, 3.05) is 26.4 Å². The van der Waals surface area contributed by atoms with Crippen LogP contribution in [0.5, 0.6) is 5.75 Å². The van der Waals surface area contributed by atoms with Crippen molar-refractivity contribution >= 4 is 19.6 Å². The SMILES string of the molecule is CC(C)(C)OC(=O)NC/C(=C\F)COc1ccc2c(c1)CCN(OP(C)(=O)O)C2=O. The maximum atomic E-state index is 13.1. The summed E-state index contributed by atoms with van der Waals surface area (Å²) in [6.07, 6.45) is 0.0805. The highest BCUT2D eigenvalue weighted by molar-refractivity contribution is 7.51. The lowest BCUT2D eigenvalue weighted by atomic mass is 10.00. The molecule has 1 aliphatic rings. The van der Waals surface area contributed by atoms with Crippen LogP contribution in [0.15, 0.2) is 30.1 Å². The molecule has 1 heterocycles. The van der Waals surface area contributed by atoms with Crippen molar-refractivity contribution in [2.45, 2.75) is 32.8 Å². The minimum atomic E-state index is -3.84. The van der Waals surface area contributed by atoms with Crippen LogP contribution in [0, 0.1) is 0 Å². The summed E-state index contributed by atoms with van der Waals surface area (Å²) in [5, 5.41) is 3.32. The first-order valence-electron chi connectivity index (χ1n) is 9.20. The summed E-state index contributed by atoms with van der Waals surface area (Å²) in [6.45, 7) is 6.08. The Bertz CT molecular complexity index is 876. The fourth-order valence-corrected chi connectivity index (χ4v) is 3.11. The predicted octanol–water partition coefficient (Wildman–Crippen LogP) is 3.19. The number of benzene rings is 1. The van der Waals surface area contributed by atoms with Crippen molar-refractivity contribution in [3.05, 3.63) is 41.2 Å². The van der Waals surface area contributed by atoms with Crippen LogP contribution in [-0.2, 0) is 20.3 Å². The molecular weight excluding hydrogens is 418 g/mol. The molecule has 1 unspecified atom stereocenters. The molecule has 0 aliphatic carbocycles.